The summed E-state index contributed by atoms with van der Waals surface area (Å²) < 4.78 is 19.9. The molecule has 1 aliphatic rings. The molecule has 2 aromatic rings. The number of methoxy groups -OCH3 is 1. The van der Waals surface area contributed by atoms with E-state index in [1.54, 1.807) is 32.2 Å². The highest BCUT2D eigenvalue weighted by Crippen LogP contribution is 2.33. The number of benzene rings is 1. The standard InChI is InChI=1S/C21H22ClFN4O2/c1-12(2)25-20(29-3)11-27-7-6-15-16(14-5-4-13(22)8-17(14)23)9-18(21(24)28)26-19(15)10-27/h4-5,8-9H,1,6-7,10-11H2,2-3H3,(H2,24,28). The number of allylic oxidation sites excluding steroid dienone is 1. The molecule has 3 rings (SSSR count). The van der Waals surface area contributed by atoms with Crippen molar-refractivity contribution < 1.29 is 13.9 Å². The van der Waals surface area contributed by atoms with Gasteiger partial charge in [0.15, 0.2) is 0 Å². The van der Waals surface area contributed by atoms with Crippen molar-refractivity contribution in [3.63, 3.8) is 0 Å². The Labute approximate surface area is 173 Å². The predicted octanol–water partition coefficient (Wildman–Crippen LogP) is 3.58. The van der Waals surface area contributed by atoms with Gasteiger partial charge in [-0.3, -0.25) is 9.69 Å². The van der Waals surface area contributed by atoms with Crippen molar-refractivity contribution in [2.24, 2.45) is 10.7 Å². The van der Waals surface area contributed by atoms with Gasteiger partial charge < -0.3 is 10.5 Å². The van der Waals surface area contributed by atoms with E-state index >= 15 is 0 Å². The zero-order chi connectivity index (χ0) is 21.1. The molecule has 0 fully saturated rings. The molecule has 0 saturated carbocycles. The van der Waals surface area contributed by atoms with Crippen LogP contribution >= 0.6 is 11.6 Å². The Morgan fingerprint density at radius 1 is 1.41 bits per heavy atom. The highest BCUT2D eigenvalue weighted by Gasteiger charge is 2.25. The molecular weight excluding hydrogens is 395 g/mol. The molecule has 1 aromatic heterocycles. The zero-order valence-electron chi connectivity index (χ0n) is 16.3. The maximum Gasteiger partial charge on any atom is 0.267 e. The van der Waals surface area contributed by atoms with Crippen molar-refractivity contribution >= 4 is 23.4 Å². The van der Waals surface area contributed by atoms with Crippen LogP contribution in [-0.4, -0.2) is 41.9 Å². The number of pyridine rings is 1. The van der Waals surface area contributed by atoms with Gasteiger partial charge in [-0.05, 0) is 48.7 Å². The average Bonchev–Trinajstić information content (AvgIpc) is 2.66. The number of amides is 1. The number of primary amides is 1. The molecule has 152 valence electrons. The van der Waals surface area contributed by atoms with Gasteiger partial charge in [0, 0.05) is 29.4 Å². The van der Waals surface area contributed by atoms with Crippen molar-refractivity contribution in [3.8, 4) is 11.1 Å². The summed E-state index contributed by atoms with van der Waals surface area (Å²) in [5.74, 6) is -0.586. The Balaban J connectivity index is 2.00. The van der Waals surface area contributed by atoms with E-state index in [0.717, 1.165) is 5.56 Å². The largest absolute Gasteiger partial charge is 0.483 e. The molecule has 2 N–H and O–H groups in total. The molecule has 0 spiro atoms. The van der Waals surface area contributed by atoms with Crippen molar-refractivity contribution in [1.29, 1.82) is 0 Å². The number of carbonyl (C=O) groups excluding carboxylic acids is 1. The lowest BCUT2D eigenvalue weighted by molar-refractivity contribution is 0.0995. The number of carbonyl (C=O) groups is 1. The van der Waals surface area contributed by atoms with Gasteiger partial charge in [0.25, 0.3) is 5.91 Å². The fourth-order valence-electron chi connectivity index (χ4n) is 3.35. The summed E-state index contributed by atoms with van der Waals surface area (Å²) in [7, 11) is 1.56. The Hall–Kier alpha value is -2.77. The number of rotatable bonds is 5. The summed E-state index contributed by atoms with van der Waals surface area (Å²) in [5.41, 5.74) is 8.76. The normalized spacial score (nSPS) is 14.4. The Kier molecular flexibility index (Phi) is 6.30. The fourth-order valence-corrected chi connectivity index (χ4v) is 3.51. The van der Waals surface area contributed by atoms with Crippen LogP contribution in [0.1, 0.15) is 28.7 Å². The minimum absolute atomic E-state index is 0.0949. The van der Waals surface area contributed by atoms with Crippen molar-refractivity contribution in [1.82, 2.24) is 9.88 Å². The molecule has 0 unspecified atom stereocenters. The van der Waals surface area contributed by atoms with E-state index < -0.39 is 11.7 Å². The molecule has 1 aliphatic heterocycles. The molecule has 8 heteroatoms. The van der Waals surface area contributed by atoms with Crippen LogP contribution in [0.15, 0.2) is 41.5 Å². The van der Waals surface area contributed by atoms with Crippen molar-refractivity contribution in [2.45, 2.75) is 19.9 Å². The van der Waals surface area contributed by atoms with Gasteiger partial charge in [0.1, 0.15) is 11.5 Å². The molecule has 6 nitrogen and oxygen atoms in total. The van der Waals surface area contributed by atoms with E-state index in [1.165, 1.54) is 6.07 Å². The van der Waals surface area contributed by atoms with Crippen LogP contribution in [0.5, 0.6) is 0 Å². The van der Waals surface area contributed by atoms with E-state index in [4.69, 9.17) is 22.1 Å². The van der Waals surface area contributed by atoms with Gasteiger partial charge in [-0.2, -0.15) is 0 Å². The molecule has 0 bridgehead atoms. The molecule has 29 heavy (non-hydrogen) atoms. The number of fused-ring (bicyclic) bond motifs is 1. The lowest BCUT2D eigenvalue weighted by atomic mass is 9.93. The third-order valence-electron chi connectivity index (χ3n) is 4.65. The zero-order valence-corrected chi connectivity index (χ0v) is 17.1. The first-order chi connectivity index (χ1) is 13.8. The molecule has 2 heterocycles. The minimum atomic E-state index is -0.665. The summed E-state index contributed by atoms with van der Waals surface area (Å²) >= 11 is 5.88. The summed E-state index contributed by atoms with van der Waals surface area (Å²) in [4.78, 5) is 22.6. The van der Waals surface area contributed by atoms with Crippen LogP contribution in [0.4, 0.5) is 4.39 Å². The van der Waals surface area contributed by atoms with Gasteiger partial charge in [0.2, 0.25) is 5.90 Å². The van der Waals surface area contributed by atoms with Gasteiger partial charge in [-0.1, -0.05) is 18.2 Å². The molecular formula is C21H22ClFN4O2. The molecule has 0 aliphatic carbocycles. The molecule has 1 amide bonds. The quantitative estimate of drug-likeness (QED) is 0.596. The minimum Gasteiger partial charge on any atom is -0.483 e. The maximum absolute atomic E-state index is 14.6. The summed E-state index contributed by atoms with van der Waals surface area (Å²) in [6, 6.07) is 6.02. The highest BCUT2D eigenvalue weighted by molar-refractivity contribution is 6.30. The second-order valence-corrected chi connectivity index (χ2v) is 7.31. The summed E-state index contributed by atoms with van der Waals surface area (Å²) in [6.45, 7) is 7.18. The van der Waals surface area contributed by atoms with E-state index in [9.17, 15) is 9.18 Å². The molecule has 0 saturated heterocycles. The van der Waals surface area contributed by atoms with Crippen LogP contribution in [-0.2, 0) is 17.7 Å². The Bertz CT molecular complexity index is 1010. The van der Waals surface area contributed by atoms with Crippen LogP contribution < -0.4 is 5.73 Å². The molecule has 1 aromatic carbocycles. The number of nitrogens with two attached hydrogens (primary N) is 1. The number of aliphatic imine (C=N–C) groups is 1. The lowest BCUT2D eigenvalue weighted by Gasteiger charge is -2.29. The lowest BCUT2D eigenvalue weighted by Crippen LogP contribution is -2.36. The second kappa shape index (κ2) is 8.71. The first-order valence-corrected chi connectivity index (χ1v) is 9.43. The second-order valence-electron chi connectivity index (χ2n) is 6.87. The van der Waals surface area contributed by atoms with E-state index in [-0.39, 0.29) is 5.69 Å². The van der Waals surface area contributed by atoms with Crippen LogP contribution in [0.2, 0.25) is 5.02 Å². The topological polar surface area (TPSA) is 80.8 Å². The Morgan fingerprint density at radius 3 is 2.79 bits per heavy atom. The first-order valence-electron chi connectivity index (χ1n) is 9.06. The molecule has 0 radical (unpaired) electrons. The highest BCUT2D eigenvalue weighted by atomic mass is 35.5. The van der Waals surface area contributed by atoms with Gasteiger partial charge in [-0.15, -0.1) is 0 Å². The fraction of sp³-hybridized carbons (Fsp3) is 0.286. The van der Waals surface area contributed by atoms with Gasteiger partial charge in [-0.25, -0.2) is 14.4 Å². The van der Waals surface area contributed by atoms with Crippen LogP contribution in [0.25, 0.3) is 11.1 Å². The summed E-state index contributed by atoms with van der Waals surface area (Å²) in [5, 5.41) is 0.305. The van der Waals surface area contributed by atoms with E-state index in [1.807, 2.05) is 0 Å². The van der Waals surface area contributed by atoms with E-state index in [0.29, 0.717) is 59.5 Å². The number of hydrogen-bond donors (Lipinski definition) is 1. The SMILES string of the molecule is C=C(C)N=C(CN1CCc2c(-c3ccc(Cl)cc3F)cc(C(N)=O)nc2C1)OC. The van der Waals surface area contributed by atoms with Gasteiger partial charge >= 0.3 is 0 Å². The number of nitrogens with zero attached hydrogens (tertiary/aromatic N) is 3. The third-order valence-corrected chi connectivity index (χ3v) is 4.88. The molecule has 0 atom stereocenters. The number of hydrogen-bond acceptors (Lipinski definition) is 5. The van der Waals surface area contributed by atoms with Crippen LogP contribution in [0, 0.1) is 5.82 Å². The maximum atomic E-state index is 14.6. The van der Waals surface area contributed by atoms with Crippen molar-refractivity contribution in [2.75, 3.05) is 20.2 Å². The first kappa shape index (κ1) is 21.0. The number of aromatic nitrogens is 1. The van der Waals surface area contributed by atoms with Gasteiger partial charge in [0.05, 0.1) is 19.3 Å². The monoisotopic (exact) mass is 416 g/mol. The average molecular weight is 417 g/mol. The third kappa shape index (κ3) is 4.81. The number of halogens is 2. The van der Waals surface area contributed by atoms with E-state index in [2.05, 4.69) is 21.5 Å². The van der Waals surface area contributed by atoms with Crippen molar-refractivity contribution in [3.05, 3.63) is 64.3 Å². The summed E-state index contributed by atoms with van der Waals surface area (Å²) in [6.07, 6.45) is 0.628. The predicted molar refractivity (Wildman–Crippen MR) is 111 cm³/mol. The van der Waals surface area contributed by atoms with Crippen LogP contribution in [0.3, 0.4) is 0 Å². The Morgan fingerprint density at radius 2 is 2.17 bits per heavy atom. The number of ether oxygens (including phenoxy) is 1. The smallest absolute Gasteiger partial charge is 0.267 e.